The molecule has 7 heteroatoms. The number of nitrogens with zero attached hydrogens (tertiary/aromatic N) is 5. The maximum absolute atomic E-state index is 8.83. The van der Waals surface area contributed by atoms with Crippen LogP contribution in [-0.4, -0.2) is 43.6 Å². The van der Waals surface area contributed by atoms with Crippen LogP contribution in [0.25, 0.3) is 39.5 Å². The average molecular weight is 478 g/mol. The topological polar surface area (TPSA) is 98.9 Å². The molecular weight excluding hydrogens is 446 g/mol. The molecule has 3 aromatic heterocycles. The molecule has 0 unspecified atom stereocenters. The molecule has 4 heterocycles. The molecule has 0 bridgehead atoms. The van der Waals surface area contributed by atoms with Gasteiger partial charge in [-0.1, -0.05) is 42.5 Å². The summed E-state index contributed by atoms with van der Waals surface area (Å²) in [6, 6.07) is 25.3. The summed E-state index contributed by atoms with van der Waals surface area (Å²) in [5.41, 5.74) is 17.7. The number of imidazole rings is 1. The summed E-state index contributed by atoms with van der Waals surface area (Å²) < 4.78 is 19.6. The molecule has 4 N–H and O–H groups in total. The van der Waals surface area contributed by atoms with Crippen LogP contribution in [0.15, 0.2) is 85.1 Å². The van der Waals surface area contributed by atoms with E-state index in [9.17, 15) is 0 Å². The van der Waals surface area contributed by atoms with Crippen molar-refractivity contribution in [2.45, 2.75) is 25.4 Å². The third-order valence-corrected chi connectivity index (χ3v) is 6.61. The van der Waals surface area contributed by atoms with E-state index in [0.717, 1.165) is 35.3 Å². The van der Waals surface area contributed by atoms with Crippen molar-refractivity contribution < 1.29 is 2.74 Å². The Balaban J connectivity index is 1.47. The molecular formula is C29H29N7. The number of likely N-dealkylation sites (tertiary alicyclic amines) is 1. The molecule has 36 heavy (non-hydrogen) atoms. The highest BCUT2D eigenvalue weighted by atomic mass is 15.1. The molecule has 0 aliphatic carbocycles. The minimum absolute atomic E-state index is 0.144. The Bertz CT molecular complexity index is 1570. The molecule has 1 aliphatic heterocycles. The average Bonchev–Trinajstić information content (AvgIpc) is 3.32. The minimum Gasteiger partial charge on any atom is -0.383 e. The Morgan fingerprint density at radius 2 is 1.67 bits per heavy atom. The lowest BCUT2D eigenvalue weighted by Gasteiger charge is -2.30. The Kier molecular flexibility index (Phi) is 5.33. The number of hydrogen-bond acceptors (Lipinski definition) is 6. The second kappa shape index (κ2) is 9.53. The number of aromatic nitrogens is 4. The normalized spacial score (nSPS) is 16.1. The zero-order valence-corrected chi connectivity index (χ0v) is 19.9. The molecule has 0 saturated carbocycles. The van der Waals surface area contributed by atoms with E-state index in [4.69, 9.17) is 24.2 Å². The van der Waals surface area contributed by atoms with E-state index >= 15 is 0 Å². The number of rotatable bonds is 5. The molecule has 180 valence electrons. The molecule has 1 aliphatic rings. The van der Waals surface area contributed by atoms with Crippen LogP contribution in [0, 0.1) is 0 Å². The van der Waals surface area contributed by atoms with E-state index < -0.39 is 6.50 Å². The first kappa shape index (κ1) is 20.2. The smallest absolute Gasteiger partial charge is 0.165 e. The van der Waals surface area contributed by atoms with Crippen molar-refractivity contribution in [2.75, 3.05) is 18.8 Å². The van der Waals surface area contributed by atoms with Crippen molar-refractivity contribution in [1.29, 1.82) is 0 Å². The van der Waals surface area contributed by atoms with Crippen molar-refractivity contribution in [3.63, 3.8) is 0 Å². The zero-order chi connectivity index (χ0) is 26.3. The number of nitrogens with two attached hydrogens (primary N) is 2. The van der Waals surface area contributed by atoms with Gasteiger partial charge < -0.3 is 11.5 Å². The Hall–Kier alpha value is -4.07. The van der Waals surface area contributed by atoms with Crippen LogP contribution in [0.5, 0.6) is 0 Å². The predicted molar refractivity (Wildman–Crippen MR) is 144 cm³/mol. The first-order valence-corrected chi connectivity index (χ1v) is 12.2. The Morgan fingerprint density at radius 3 is 2.42 bits per heavy atom. The number of pyridine rings is 2. The van der Waals surface area contributed by atoms with Crippen molar-refractivity contribution >= 4 is 17.0 Å². The van der Waals surface area contributed by atoms with Gasteiger partial charge in [-0.05, 0) is 67.9 Å². The summed E-state index contributed by atoms with van der Waals surface area (Å²) in [4.78, 5) is 16.0. The highest BCUT2D eigenvalue weighted by molar-refractivity contribution is 5.84. The molecule has 6 rings (SSSR count). The molecule has 0 radical (unpaired) electrons. The highest BCUT2D eigenvalue weighted by Crippen LogP contribution is 2.31. The van der Waals surface area contributed by atoms with Crippen molar-refractivity contribution in [3.05, 3.63) is 90.6 Å². The van der Waals surface area contributed by atoms with Crippen LogP contribution in [0.1, 0.15) is 21.1 Å². The van der Waals surface area contributed by atoms with E-state index in [-0.39, 0.29) is 6.04 Å². The third kappa shape index (κ3) is 4.34. The van der Waals surface area contributed by atoms with E-state index in [1.165, 1.54) is 0 Å². The first-order valence-electron chi connectivity index (χ1n) is 13.2. The Morgan fingerprint density at radius 1 is 0.889 bits per heavy atom. The summed E-state index contributed by atoms with van der Waals surface area (Å²) in [5, 5.41) is 0. The second-order valence-corrected chi connectivity index (χ2v) is 9.10. The lowest BCUT2D eigenvalue weighted by Crippen LogP contribution is -2.39. The van der Waals surface area contributed by atoms with Gasteiger partial charge in [-0.15, -0.1) is 0 Å². The number of fused-ring (bicyclic) bond motifs is 1. The summed E-state index contributed by atoms with van der Waals surface area (Å²) >= 11 is 0. The quantitative estimate of drug-likeness (QED) is 0.382. The molecule has 0 spiro atoms. The zero-order valence-electron chi connectivity index (χ0n) is 21.9. The third-order valence-electron chi connectivity index (χ3n) is 6.61. The van der Waals surface area contributed by atoms with Gasteiger partial charge in [0, 0.05) is 32.7 Å². The molecule has 7 nitrogen and oxygen atoms in total. The highest BCUT2D eigenvalue weighted by Gasteiger charge is 2.19. The standard InChI is InChI=1S/C29H29N7/c30-22-14-17-35(18-15-22)19-20-8-10-23(11-9-20)36-28(24-7-4-16-32-27(24)31)34-26-13-12-25(33-29(26)36)21-5-2-1-3-6-21/h1-13,16,22H,14-15,17-19,30H2,(H2,31,32)/i19D2. The van der Waals surface area contributed by atoms with Crippen molar-refractivity contribution in [2.24, 2.45) is 5.73 Å². The lowest BCUT2D eigenvalue weighted by molar-refractivity contribution is 0.205. The predicted octanol–water partition coefficient (Wildman–Crippen LogP) is 4.65. The van der Waals surface area contributed by atoms with Gasteiger partial charge in [-0.3, -0.25) is 9.47 Å². The van der Waals surface area contributed by atoms with E-state index in [0.29, 0.717) is 41.5 Å². The van der Waals surface area contributed by atoms with Crippen molar-refractivity contribution in [1.82, 2.24) is 24.4 Å². The van der Waals surface area contributed by atoms with Gasteiger partial charge in [-0.25, -0.2) is 15.0 Å². The molecule has 5 aromatic rings. The van der Waals surface area contributed by atoms with Crippen LogP contribution in [0.3, 0.4) is 0 Å². The summed E-state index contributed by atoms with van der Waals surface area (Å²) in [6.45, 7) is -0.317. The fraction of sp³-hybridized carbons (Fsp3) is 0.207. The monoisotopic (exact) mass is 477 g/mol. The van der Waals surface area contributed by atoms with Crippen LogP contribution >= 0.6 is 0 Å². The number of piperidine rings is 1. The van der Waals surface area contributed by atoms with Gasteiger partial charge in [-0.2, -0.15) is 0 Å². The van der Waals surface area contributed by atoms with Gasteiger partial charge in [0.05, 0.1) is 11.3 Å². The fourth-order valence-electron chi connectivity index (χ4n) is 4.64. The fourth-order valence-corrected chi connectivity index (χ4v) is 4.64. The minimum atomic E-state index is -1.59. The number of benzene rings is 2. The molecule has 1 fully saturated rings. The number of anilines is 1. The van der Waals surface area contributed by atoms with Gasteiger partial charge in [0.25, 0.3) is 0 Å². The second-order valence-electron chi connectivity index (χ2n) is 9.10. The van der Waals surface area contributed by atoms with E-state index in [1.807, 2.05) is 88.3 Å². The van der Waals surface area contributed by atoms with Gasteiger partial charge in [0.15, 0.2) is 11.5 Å². The van der Waals surface area contributed by atoms with Gasteiger partial charge in [0.2, 0.25) is 0 Å². The number of hydrogen-bond donors (Lipinski definition) is 2. The largest absolute Gasteiger partial charge is 0.383 e. The van der Waals surface area contributed by atoms with Crippen LogP contribution in [0.4, 0.5) is 5.82 Å². The van der Waals surface area contributed by atoms with Crippen LogP contribution in [-0.2, 0) is 6.50 Å². The number of nitrogen functional groups attached to an aromatic ring is 1. The van der Waals surface area contributed by atoms with Crippen LogP contribution < -0.4 is 11.5 Å². The lowest BCUT2D eigenvalue weighted by atomic mass is 10.1. The summed E-state index contributed by atoms with van der Waals surface area (Å²) in [7, 11) is 0. The first-order chi connectivity index (χ1) is 18.4. The Labute approximate surface area is 213 Å². The van der Waals surface area contributed by atoms with E-state index in [2.05, 4.69) is 4.98 Å². The SMILES string of the molecule is [2H]C([2H])(c1ccc(-n2c(-c3cccnc3N)nc3ccc(-c4ccccc4)nc32)cc1)N1CCC(N)CC1. The summed E-state index contributed by atoms with van der Waals surface area (Å²) in [5.74, 6) is 1.01. The van der Waals surface area contributed by atoms with E-state index in [1.54, 1.807) is 6.20 Å². The van der Waals surface area contributed by atoms with Gasteiger partial charge in [0.1, 0.15) is 11.3 Å². The maximum Gasteiger partial charge on any atom is 0.165 e. The van der Waals surface area contributed by atoms with Crippen molar-refractivity contribution in [3.8, 4) is 28.3 Å². The molecule has 2 aromatic carbocycles. The maximum atomic E-state index is 8.83. The molecule has 0 atom stereocenters. The van der Waals surface area contributed by atoms with Crippen LogP contribution in [0.2, 0.25) is 0 Å². The molecule has 0 amide bonds. The van der Waals surface area contributed by atoms with Gasteiger partial charge >= 0.3 is 0 Å². The summed E-state index contributed by atoms with van der Waals surface area (Å²) in [6.07, 6.45) is 3.25. The molecule has 1 saturated heterocycles.